The van der Waals surface area contributed by atoms with Crippen molar-refractivity contribution in [3.05, 3.63) is 53.4 Å². The van der Waals surface area contributed by atoms with E-state index >= 15 is 0 Å². The zero-order valence-corrected chi connectivity index (χ0v) is 15.7. The molecule has 0 aliphatic carbocycles. The molecular formula is C18H18ClNO5S. The molecule has 0 N–H and O–H groups in total. The van der Waals surface area contributed by atoms with Crippen LogP contribution in [0, 0.1) is 0 Å². The number of rotatable bonds is 6. The molecule has 26 heavy (non-hydrogen) atoms. The quantitative estimate of drug-likeness (QED) is 0.550. The Hall–Kier alpha value is -2.12. The van der Waals surface area contributed by atoms with E-state index in [1.807, 2.05) is 0 Å². The van der Waals surface area contributed by atoms with Crippen LogP contribution >= 0.6 is 23.4 Å². The Morgan fingerprint density at radius 2 is 2.04 bits per heavy atom. The lowest BCUT2D eigenvalue weighted by Gasteiger charge is -2.25. The molecule has 0 bridgehead atoms. The standard InChI is InChI=1S/C18H18ClNO5S/c1-12(21)20-15(11-26-17(20)16-3-2-8-24-16)18(22)25-10-9-23-14-6-4-13(19)5-7-14/h2-8,15,17H,9-11H2,1H3/t15-,17+/m1/s1. The maximum Gasteiger partial charge on any atom is 0.329 e. The summed E-state index contributed by atoms with van der Waals surface area (Å²) >= 11 is 7.29. The number of hydrogen-bond acceptors (Lipinski definition) is 6. The van der Waals surface area contributed by atoms with Crippen molar-refractivity contribution in [1.29, 1.82) is 0 Å². The Balaban J connectivity index is 1.52. The van der Waals surface area contributed by atoms with Gasteiger partial charge in [0.25, 0.3) is 0 Å². The third-order valence-electron chi connectivity index (χ3n) is 3.83. The molecule has 2 atom stereocenters. The van der Waals surface area contributed by atoms with Crippen LogP contribution in [0.5, 0.6) is 5.75 Å². The van der Waals surface area contributed by atoms with Crippen LogP contribution in [-0.4, -0.2) is 41.8 Å². The zero-order chi connectivity index (χ0) is 18.5. The monoisotopic (exact) mass is 395 g/mol. The second kappa shape index (κ2) is 8.51. The predicted molar refractivity (Wildman–Crippen MR) is 98.1 cm³/mol. The first-order valence-corrected chi connectivity index (χ1v) is 9.48. The van der Waals surface area contributed by atoms with Crippen LogP contribution in [0.25, 0.3) is 0 Å². The first kappa shape index (κ1) is 18.7. The molecule has 0 unspecified atom stereocenters. The van der Waals surface area contributed by atoms with Crippen molar-refractivity contribution >= 4 is 35.2 Å². The van der Waals surface area contributed by atoms with Crippen LogP contribution in [0.1, 0.15) is 18.1 Å². The fraction of sp³-hybridized carbons (Fsp3) is 0.333. The average molecular weight is 396 g/mol. The molecule has 1 saturated heterocycles. The number of hydrogen-bond donors (Lipinski definition) is 0. The maximum atomic E-state index is 12.4. The Morgan fingerprint density at radius 3 is 2.69 bits per heavy atom. The molecule has 0 spiro atoms. The fourth-order valence-corrected chi connectivity index (χ4v) is 4.19. The molecule has 1 aromatic carbocycles. The number of esters is 1. The molecule has 0 radical (unpaired) electrons. The number of furan rings is 1. The molecule has 1 aliphatic rings. The number of carbonyl (C=O) groups is 2. The smallest absolute Gasteiger partial charge is 0.329 e. The number of ether oxygens (including phenoxy) is 2. The third kappa shape index (κ3) is 4.34. The normalized spacial score (nSPS) is 19.4. The lowest BCUT2D eigenvalue weighted by atomic mass is 10.2. The molecule has 1 amide bonds. The molecular weight excluding hydrogens is 378 g/mol. The summed E-state index contributed by atoms with van der Waals surface area (Å²) in [4.78, 5) is 25.9. The Morgan fingerprint density at radius 1 is 1.27 bits per heavy atom. The summed E-state index contributed by atoms with van der Waals surface area (Å²) in [5, 5.41) is 0.309. The van der Waals surface area contributed by atoms with E-state index in [1.165, 1.54) is 23.6 Å². The van der Waals surface area contributed by atoms with E-state index in [-0.39, 0.29) is 24.5 Å². The molecule has 1 fully saturated rings. The van der Waals surface area contributed by atoms with Crippen molar-refractivity contribution in [1.82, 2.24) is 4.90 Å². The highest BCUT2D eigenvalue weighted by Crippen LogP contribution is 2.41. The molecule has 2 aromatic rings. The maximum absolute atomic E-state index is 12.4. The van der Waals surface area contributed by atoms with Gasteiger partial charge in [-0.25, -0.2) is 4.79 Å². The van der Waals surface area contributed by atoms with E-state index in [2.05, 4.69) is 0 Å². The van der Waals surface area contributed by atoms with Gasteiger partial charge in [0.2, 0.25) is 5.91 Å². The van der Waals surface area contributed by atoms with Crippen molar-refractivity contribution in [2.24, 2.45) is 0 Å². The van der Waals surface area contributed by atoms with E-state index in [0.29, 0.717) is 22.3 Å². The Labute approximate surface area is 160 Å². The largest absolute Gasteiger partial charge is 0.490 e. The number of thioether (sulfide) groups is 1. The molecule has 1 aromatic heterocycles. The minimum atomic E-state index is -0.636. The number of carbonyl (C=O) groups excluding carboxylic acids is 2. The zero-order valence-electron chi connectivity index (χ0n) is 14.1. The van der Waals surface area contributed by atoms with Gasteiger partial charge in [0, 0.05) is 17.7 Å². The molecule has 138 valence electrons. The SMILES string of the molecule is CC(=O)N1[C@@H](C(=O)OCCOc2ccc(Cl)cc2)CS[C@H]1c1ccco1. The van der Waals surface area contributed by atoms with Gasteiger partial charge in [0.05, 0.1) is 6.26 Å². The summed E-state index contributed by atoms with van der Waals surface area (Å²) in [5.41, 5.74) is 0. The fourth-order valence-electron chi connectivity index (χ4n) is 2.65. The lowest BCUT2D eigenvalue weighted by molar-refractivity contribution is -0.154. The van der Waals surface area contributed by atoms with Crippen molar-refractivity contribution in [3.8, 4) is 5.75 Å². The summed E-state index contributed by atoms with van der Waals surface area (Å²) in [5.74, 6) is 1.11. The van der Waals surface area contributed by atoms with Crippen molar-refractivity contribution in [3.63, 3.8) is 0 Å². The van der Waals surface area contributed by atoms with Crippen LogP contribution in [0.4, 0.5) is 0 Å². The van der Waals surface area contributed by atoms with Gasteiger partial charge in [-0.1, -0.05) is 11.6 Å². The third-order valence-corrected chi connectivity index (χ3v) is 5.37. The van der Waals surface area contributed by atoms with Gasteiger partial charge in [-0.15, -0.1) is 11.8 Å². The van der Waals surface area contributed by atoms with E-state index in [9.17, 15) is 9.59 Å². The highest BCUT2D eigenvalue weighted by atomic mass is 35.5. The summed E-state index contributed by atoms with van der Waals surface area (Å²) in [6, 6.07) is 9.83. The van der Waals surface area contributed by atoms with E-state index in [4.69, 9.17) is 25.5 Å². The van der Waals surface area contributed by atoms with Gasteiger partial charge in [-0.05, 0) is 36.4 Å². The number of benzene rings is 1. The predicted octanol–water partition coefficient (Wildman–Crippen LogP) is 3.52. The average Bonchev–Trinajstić information content (AvgIpc) is 3.29. The molecule has 8 heteroatoms. The van der Waals surface area contributed by atoms with Crippen LogP contribution in [0.2, 0.25) is 5.02 Å². The number of amides is 1. The summed E-state index contributed by atoms with van der Waals surface area (Å²) in [6.45, 7) is 1.75. The minimum absolute atomic E-state index is 0.0970. The minimum Gasteiger partial charge on any atom is -0.490 e. The van der Waals surface area contributed by atoms with Gasteiger partial charge in [0.1, 0.15) is 36.1 Å². The number of nitrogens with zero attached hydrogens (tertiary/aromatic N) is 1. The summed E-state index contributed by atoms with van der Waals surface area (Å²) in [7, 11) is 0. The lowest BCUT2D eigenvalue weighted by Crippen LogP contribution is -2.43. The van der Waals surface area contributed by atoms with E-state index < -0.39 is 12.0 Å². The van der Waals surface area contributed by atoms with Crippen molar-refractivity contribution in [2.75, 3.05) is 19.0 Å². The van der Waals surface area contributed by atoms with Crippen LogP contribution < -0.4 is 4.74 Å². The Kier molecular flexibility index (Phi) is 6.11. The second-order valence-electron chi connectivity index (χ2n) is 5.61. The van der Waals surface area contributed by atoms with E-state index in [0.717, 1.165) is 0 Å². The first-order valence-electron chi connectivity index (χ1n) is 8.05. The highest BCUT2D eigenvalue weighted by Gasteiger charge is 2.43. The molecule has 1 aliphatic heterocycles. The number of halogens is 1. The molecule has 2 heterocycles. The summed E-state index contributed by atoms with van der Waals surface area (Å²) in [6.07, 6.45) is 1.55. The molecule has 6 nitrogen and oxygen atoms in total. The molecule has 0 saturated carbocycles. The highest BCUT2D eigenvalue weighted by molar-refractivity contribution is 7.99. The van der Waals surface area contributed by atoms with Crippen molar-refractivity contribution in [2.45, 2.75) is 18.3 Å². The molecule has 3 rings (SSSR count). The van der Waals surface area contributed by atoms with Gasteiger partial charge < -0.3 is 18.8 Å². The van der Waals surface area contributed by atoms with Crippen molar-refractivity contribution < 1.29 is 23.5 Å². The second-order valence-corrected chi connectivity index (χ2v) is 7.16. The van der Waals surface area contributed by atoms with Gasteiger partial charge in [0.15, 0.2) is 0 Å². The van der Waals surface area contributed by atoms with Crippen LogP contribution in [-0.2, 0) is 14.3 Å². The van der Waals surface area contributed by atoms with Gasteiger partial charge >= 0.3 is 5.97 Å². The summed E-state index contributed by atoms with van der Waals surface area (Å²) < 4.78 is 16.2. The Bertz CT molecular complexity index is 749. The van der Waals surface area contributed by atoms with Crippen LogP contribution in [0.3, 0.4) is 0 Å². The van der Waals surface area contributed by atoms with Gasteiger partial charge in [-0.2, -0.15) is 0 Å². The van der Waals surface area contributed by atoms with Gasteiger partial charge in [-0.3, -0.25) is 4.79 Å². The topological polar surface area (TPSA) is 69.0 Å². The first-order chi connectivity index (χ1) is 12.6. The van der Waals surface area contributed by atoms with E-state index in [1.54, 1.807) is 42.7 Å². The van der Waals surface area contributed by atoms with Crippen LogP contribution in [0.15, 0.2) is 47.1 Å².